The highest BCUT2D eigenvalue weighted by molar-refractivity contribution is 6.03. The molecule has 3 fully saturated rings. The molecule has 110 valence electrons. The molecule has 1 N–H and O–H groups in total. The van der Waals surface area contributed by atoms with Crippen LogP contribution in [-0.4, -0.2) is 40.2 Å². The zero-order valence-electron chi connectivity index (χ0n) is 12.1. The van der Waals surface area contributed by atoms with Gasteiger partial charge in [-0.3, -0.25) is 0 Å². The number of aromatic nitrogens is 1. The summed E-state index contributed by atoms with van der Waals surface area (Å²) in [4.78, 5) is 14.0. The molecule has 0 atom stereocenters. The van der Waals surface area contributed by atoms with E-state index in [1.807, 2.05) is 30.5 Å². The number of para-hydroxylation sites is 1. The highest BCUT2D eigenvalue weighted by Gasteiger charge is 2.39. The Balaban J connectivity index is 1.75. The number of piperidine rings is 3. The Morgan fingerprint density at radius 3 is 2.48 bits per heavy atom. The number of rotatable bonds is 3. The summed E-state index contributed by atoms with van der Waals surface area (Å²) >= 11 is 0. The van der Waals surface area contributed by atoms with Crippen LogP contribution in [0.3, 0.4) is 0 Å². The van der Waals surface area contributed by atoms with Crippen LogP contribution >= 0.6 is 0 Å². The molecular weight excluding hydrogens is 264 g/mol. The second-order valence-corrected chi connectivity index (χ2v) is 6.58. The van der Waals surface area contributed by atoms with Crippen molar-refractivity contribution < 1.29 is 9.90 Å². The smallest absolute Gasteiger partial charge is 0.337 e. The van der Waals surface area contributed by atoms with Gasteiger partial charge in [-0.15, -0.1) is 0 Å². The lowest BCUT2D eigenvalue weighted by atomic mass is 9.72. The Bertz CT molecular complexity index is 682. The fraction of sp³-hybridized carbons (Fsp3) is 0.471. The number of carboxylic acids is 1. The van der Waals surface area contributed by atoms with E-state index in [1.54, 1.807) is 0 Å². The first-order valence-corrected chi connectivity index (χ1v) is 7.70. The van der Waals surface area contributed by atoms with Crippen LogP contribution in [0.15, 0.2) is 30.5 Å². The quantitative estimate of drug-likeness (QED) is 0.942. The molecule has 2 bridgehead atoms. The first-order chi connectivity index (χ1) is 10.2. The minimum atomic E-state index is -0.832. The Morgan fingerprint density at radius 1 is 1.14 bits per heavy atom. The molecule has 5 rings (SSSR count). The molecule has 0 radical (unpaired) electrons. The first kappa shape index (κ1) is 12.9. The van der Waals surface area contributed by atoms with Gasteiger partial charge >= 0.3 is 5.97 Å². The van der Waals surface area contributed by atoms with E-state index in [9.17, 15) is 9.90 Å². The highest BCUT2D eigenvalue weighted by Crippen LogP contribution is 2.42. The monoisotopic (exact) mass is 284 g/mol. The summed E-state index contributed by atoms with van der Waals surface area (Å²) in [5.74, 6) is -0.832. The summed E-state index contributed by atoms with van der Waals surface area (Å²) < 4.78 is 2.18. The van der Waals surface area contributed by atoms with Crippen LogP contribution in [0.5, 0.6) is 0 Å². The Hall–Kier alpha value is -1.81. The molecule has 0 amide bonds. The van der Waals surface area contributed by atoms with Crippen LogP contribution in [0.25, 0.3) is 10.9 Å². The minimum absolute atomic E-state index is 0.367. The van der Waals surface area contributed by atoms with Gasteiger partial charge < -0.3 is 14.6 Å². The van der Waals surface area contributed by atoms with Crippen molar-refractivity contribution in [2.45, 2.75) is 25.8 Å². The van der Waals surface area contributed by atoms with Gasteiger partial charge in [0.15, 0.2) is 0 Å². The summed E-state index contributed by atoms with van der Waals surface area (Å²) in [5.41, 5.74) is 1.85. The number of nitrogens with zero attached hydrogens (tertiary/aromatic N) is 2. The van der Waals surface area contributed by atoms with Crippen molar-refractivity contribution in [1.82, 2.24) is 9.47 Å². The van der Waals surface area contributed by atoms with Gasteiger partial charge in [0.25, 0.3) is 0 Å². The predicted octanol–water partition coefficient (Wildman–Crippen LogP) is 2.83. The second-order valence-electron chi connectivity index (χ2n) is 6.58. The Morgan fingerprint density at radius 2 is 1.81 bits per heavy atom. The van der Waals surface area contributed by atoms with E-state index in [4.69, 9.17) is 0 Å². The summed E-state index contributed by atoms with van der Waals surface area (Å²) in [6.07, 6.45) is 5.55. The molecule has 4 nitrogen and oxygen atoms in total. The lowest BCUT2D eigenvalue weighted by molar-refractivity contribution is 0.0143. The van der Waals surface area contributed by atoms with E-state index in [0.717, 1.165) is 17.4 Å². The number of benzene rings is 1. The van der Waals surface area contributed by atoms with E-state index in [0.29, 0.717) is 11.0 Å². The average molecular weight is 284 g/mol. The number of hydrogen-bond acceptors (Lipinski definition) is 2. The van der Waals surface area contributed by atoms with Crippen LogP contribution < -0.4 is 0 Å². The van der Waals surface area contributed by atoms with E-state index >= 15 is 0 Å². The van der Waals surface area contributed by atoms with Gasteiger partial charge in [-0.05, 0) is 50.4 Å². The first-order valence-electron chi connectivity index (χ1n) is 7.70. The van der Waals surface area contributed by atoms with Crippen LogP contribution in [0, 0.1) is 5.41 Å². The SMILES string of the molecule is O=C(O)c1cn(CC23CCN(CC2)CC3)c2ccccc12. The van der Waals surface area contributed by atoms with Crippen LogP contribution in [0.4, 0.5) is 0 Å². The summed E-state index contributed by atoms with van der Waals surface area (Å²) in [6.45, 7) is 4.55. The zero-order valence-corrected chi connectivity index (χ0v) is 12.1. The molecule has 3 saturated heterocycles. The second kappa shape index (κ2) is 4.60. The molecule has 3 aliphatic heterocycles. The zero-order chi connectivity index (χ0) is 14.4. The van der Waals surface area contributed by atoms with Gasteiger partial charge in [0.1, 0.15) is 0 Å². The third kappa shape index (κ3) is 2.05. The van der Waals surface area contributed by atoms with Gasteiger partial charge in [-0.2, -0.15) is 0 Å². The maximum Gasteiger partial charge on any atom is 0.337 e. The number of aromatic carboxylic acids is 1. The van der Waals surface area contributed by atoms with Crippen LogP contribution in [-0.2, 0) is 6.54 Å². The lowest BCUT2D eigenvalue weighted by Crippen LogP contribution is -2.49. The van der Waals surface area contributed by atoms with Crippen molar-refractivity contribution in [2.75, 3.05) is 19.6 Å². The Labute approximate surface area is 124 Å². The molecule has 0 saturated carbocycles. The van der Waals surface area contributed by atoms with E-state index in [-0.39, 0.29) is 0 Å². The molecule has 21 heavy (non-hydrogen) atoms. The molecule has 2 aromatic rings. The fourth-order valence-electron chi connectivity index (χ4n) is 4.04. The predicted molar refractivity (Wildman–Crippen MR) is 81.6 cm³/mol. The molecule has 0 aliphatic carbocycles. The summed E-state index contributed by atoms with van der Waals surface area (Å²) in [6, 6.07) is 7.86. The molecule has 0 unspecified atom stereocenters. The van der Waals surface area contributed by atoms with E-state index in [2.05, 4.69) is 9.47 Å². The molecule has 3 aliphatic rings. The average Bonchev–Trinajstić information content (AvgIpc) is 2.88. The van der Waals surface area contributed by atoms with Crippen LogP contribution in [0.1, 0.15) is 29.6 Å². The molecular formula is C17H20N2O2. The lowest BCUT2D eigenvalue weighted by Gasteiger charge is -2.48. The maximum atomic E-state index is 11.5. The standard InChI is InChI=1S/C17H20N2O2/c20-16(21)14-11-19(15-4-2-1-3-13(14)15)12-17-5-8-18(9-6-17)10-7-17/h1-4,11H,5-10,12H2,(H,20,21). The van der Waals surface area contributed by atoms with Crippen molar-refractivity contribution in [3.8, 4) is 0 Å². The molecule has 4 heteroatoms. The number of carboxylic acid groups (broad SMARTS) is 1. The minimum Gasteiger partial charge on any atom is -0.478 e. The van der Waals surface area contributed by atoms with Gasteiger partial charge in [0, 0.05) is 23.6 Å². The molecule has 0 spiro atoms. The molecule has 4 heterocycles. The van der Waals surface area contributed by atoms with Gasteiger partial charge in [-0.1, -0.05) is 18.2 Å². The van der Waals surface area contributed by atoms with Gasteiger partial charge in [0.2, 0.25) is 0 Å². The number of hydrogen-bond donors (Lipinski definition) is 1. The largest absolute Gasteiger partial charge is 0.478 e. The maximum absolute atomic E-state index is 11.5. The Kier molecular flexibility index (Phi) is 2.82. The third-order valence-corrected chi connectivity index (χ3v) is 5.40. The van der Waals surface area contributed by atoms with Crippen molar-refractivity contribution in [2.24, 2.45) is 5.41 Å². The summed E-state index contributed by atoms with van der Waals surface area (Å²) in [5, 5.41) is 10.3. The van der Waals surface area contributed by atoms with Gasteiger partial charge in [-0.25, -0.2) is 4.79 Å². The summed E-state index contributed by atoms with van der Waals surface area (Å²) in [7, 11) is 0. The number of fused-ring (bicyclic) bond motifs is 4. The topological polar surface area (TPSA) is 45.5 Å². The van der Waals surface area contributed by atoms with Crippen molar-refractivity contribution in [3.05, 3.63) is 36.0 Å². The van der Waals surface area contributed by atoms with Crippen molar-refractivity contribution in [3.63, 3.8) is 0 Å². The van der Waals surface area contributed by atoms with Crippen molar-refractivity contribution >= 4 is 16.9 Å². The van der Waals surface area contributed by atoms with E-state index in [1.165, 1.54) is 38.9 Å². The molecule has 1 aromatic carbocycles. The third-order valence-electron chi connectivity index (χ3n) is 5.40. The number of carbonyl (C=O) groups is 1. The van der Waals surface area contributed by atoms with Crippen LogP contribution in [0.2, 0.25) is 0 Å². The van der Waals surface area contributed by atoms with Gasteiger partial charge in [0.05, 0.1) is 5.56 Å². The van der Waals surface area contributed by atoms with Crippen molar-refractivity contribution in [1.29, 1.82) is 0 Å². The molecule has 1 aromatic heterocycles. The fourth-order valence-corrected chi connectivity index (χ4v) is 4.04. The highest BCUT2D eigenvalue weighted by atomic mass is 16.4. The van der Waals surface area contributed by atoms with E-state index < -0.39 is 5.97 Å². The normalized spacial score (nSPS) is 28.1.